The zero-order chi connectivity index (χ0) is 10.6. The molecule has 14 heavy (non-hydrogen) atoms. The fraction of sp³-hybridized carbons (Fsp3) is 1.00. The highest BCUT2D eigenvalue weighted by molar-refractivity contribution is 4.80. The van der Waals surface area contributed by atoms with Crippen molar-refractivity contribution in [3.8, 4) is 0 Å². The molecule has 0 aliphatic heterocycles. The molecule has 0 saturated heterocycles. The van der Waals surface area contributed by atoms with E-state index in [1.54, 1.807) is 0 Å². The maximum atomic E-state index is 3.34. The molecule has 0 aromatic rings. The third-order valence-electron chi connectivity index (χ3n) is 3.95. The second-order valence-electron chi connectivity index (χ2n) is 5.41. The summed E-state index contributed by atoms with van der Waals surface area (Å²) in [5, 5.41) is 3.34. The Morgan fingerprint density at radius 1 is 1.14 bits per heavy atom. The van der Waals surface area contributed by atoms with Gasteiger partial charge in [-0.25, -0.2) is 0 Å². The molecule has 1 saturated carbocycles. The summed E-state index contributed by atoms with van der Waals surface area (Å²) in [6.45, 7) is 8.35. The van der Waals surface area contributed by atoms with Gasteiger partial charge in [-0.2, -0.15) is 0 Å². The summed E-state index contributed by atoms with van der Waals surface area (Å²) in [6.07, 6.45) is 5.77. The van der Waals surface area contributed by atoms with E-state index in [9.17, 15) is 0 Å². The summed E-state index contributed by atoms with van der Waals surface area (Å²) >= 11 is 0. The summed E-state index contributed by atoms with van der Waals surface area (Å²) in [5.74, 6) is 3.79. The monoisotopic (exact) mass is 197 g/mol. The van der Waals surface area contributed by atoms with E-state index in [0.717, 1.165) is 23.7 Å². The van der Waals surface area contributed by atoms with Gasteiger partial charge in [0, 0.05) is 0 Å². The van der Waals surface area contributed by atoms with Crippen LogP contribution in [-0.4, -0.2) is 13.6 Å². The van der Waals surface area contributed by atoms with Crippen molar-refractivity contribution in [3.63, 3.8) is 0 Å². The van der Waals surface area contributed by atoms with Crippen LogP contribution in [-0.2, 0) is 0 Å². The summed E-state index contributed by atoms with van der Waals surface area (Å²) < 4.78 is 0. The molecule has 3 atom stereocenters. The van der Waals surface area contributed by atoms with E-state index in [1.165, 1.54) is 32.2 Å². The van der Waals surface area contributed by atoms with Crippen molar-refractivity contribution in [2.45, 2.75) is 46.5 Å². The Balaban J connectivity index is 2.47. The van der Waals surface area contributed by atoms with Gasteiger partial charge in [-0.1, -0.05) is 27.2 Å². The lowest BCUT2D eigenvalue weighted by Gasteiger charge is -2.36. The third kappa shape index (κ3) is 3.27. The first-order valence-electron chi connectivity index (χ1n) is 6.31. The van der Waals surface area contributed by atoms with Gasteiger partial charge in [0.1, 0.15) is 0 Å². The van der Waals surface area contributed by atoms with Crippen LogP contribution < -0.4 is 5.32 Å². The van der Waals surface area contributed by atoms with Gasteiger partial charge >= 0.3 is 0 Å². The van der Waals surface area contributed by atoms with Crippen LogP contribution in [0.2, 0.25) is 0 Å². The van der Waals surface area contributed by atoms with Gasteiger partial charge in [-0.15, -0.1) is 0 Å². The van der Waals surface area contributed by atoms with E-state index in [0.29, 0.717) is 0 Å². The third-order valence-corrected chi connectivity index (χ3v) is 3.95. The first-order chi connectivity index (χ1) is 6.67. The highest BCUT2D eigenvalue weighted by Crippen LogP contribution is 2.38. The molecule has 0 bridgehead atoms. The lowest BCUT2D eigenvalue weighted by Crippen LogP contribution is -2.31. The summed E-state index contributed by atoms with van der Waals surface area (Å²) in [4.78, 5) is 0. The van der Waals surface area contributed by atoms with Crippen LogP contribution in [0, 0.1) is 23.7 Å². The lowest BCUT2D eigenvalue weighted by molar-refractivity contribution is 0.153. The van der Waals surface area contributed by atoms with Gasteiger partial charge in [-0.3, -0.25) is 0 Å². The van der Waals surface area contributed by atoms with Crippen molar-refractivity contribution in [2.24, 2.45) is 23.7 Å². The average Bonchev–Trinajstić information content (AvgIpc) is 2.17. The van der Waals surface area contributed by atoms with Crippen molar-refractivity contribution >= 4 is 0 Å². The molecule has 1 heteroatoms. The Kier molecular flexibility index (Phi) is 4.94. The molecule has 1 aliphatic rings. The molecule has 0 aromatic heterocycles. The minimum atomic E-state index is 0.878. The predicted octanol–water partition coefficient (Wildman–Crippen LogP) is 3.30. The summed E-state index contributed by atoms with van der Waals surface area (Å²) in [5.41, 5.74) is 0. The smallest absolute Gasteiger partial charge is 0.00233 e. The van der Waals surface area contributed by atoms with Crippen LogP contribution in [0.15, 0.2) is 0 Å². The van der Waals surface area contributed by atoms with Gasteiger partial charge in [0.15, 0.2) is 0 Å². The number of hydrogen-bond acceptors (Lipinski definition) is 1. The number of rotatable bonds is 4. The van der Waals surface area contributed by atoms with Crippen LogP contribution in [0.5, 0.6) is 0 Å². The molecular weight excluding hydrogens is 170 g/mol. The molecule has 0 spiro atoms. The summed E-state index contributed by atoms with van der Waals surface area (Å²) in [6, 6.07) is 0. The van der Waals surface area contributed by atoms with Crippen molar-refractivity contribution in [1.29, 1.82) is 0 Å². The molecule has 3 unspecified atom stereocenters. The molecular formula is C13H27N. The molecule has 1 nitrogen and oxygen atoms in total. The highest BCUT2D eigenvalue weighted by atomic mass is 14.8. The van der Waals surface area contributed by atoms with E-state index in [4.69, 9.17) is 0 Å². The molecule has 1 N–H and O–H groups in total. The van der Waals surface area contributed by atoms with E-state index in [1.807, 2.05) is 0 Å². The number of nitrogens with one attached hydrogen (secondary N) is 1. The maximum Gasteiger partial charge on any atom is -0.00233 e. The molecule has 0 aromatic carbocycles. The molecule has 1 rings (SSSR count). The van der Waals surface area contributed by atoms with Gasteiger partial charge < -0.3 is 5.32 Å². The van der Waals surface area contributed by atoms with E-state index in [2.05, 4.69) is 33.1 Å². The fourth-order valence-electron chi connectivity index (χ4n) is 2.95. The zero-order valence-electron chi connectivity index (χ0n) is 10.3. The molecule has 1 aliphatic carbocycles. The van der Waals surface area contributed by atoms with Crippen LogP contribution >= 0.6 is 0 Å². The Morgan fingerprint density at radius 3 is 2.29 bits per heavy atom. The minimum Gasteiger partial charge on any atom is -0.319 e. The molecule has 84 valence electrons. The van der Waals surface area contributed by atoms with Crippen LogP contribution in [0.25, 0.3) is 0 Å². The van der Waals surface area contributed by atoms with Crippen LogP contribution in [0.4, 0.5) is 0 Å². The lowest BCUT2D eigenvalue weighted by atomic mass is 9.70. The average molecular weight is 197 g/mol. The molecule has 0 amide bonds. The Morgan fingerprint density at radius 2 is 1.79 bits per heavy atom. The first kappa shape index (κ1) is 12.0. The predicted molar refractivity (Wildman–Crippen MR) is 63.4 cm³/mol. The van der Waals surface area contributed by atoms with Gasteiger partial charge in [0.2, 0.25) is 0 Å². The first-order valence-corrected chi connectivity index (χ1v) is 6.31. The van der Waals surface area contributed by atoms with E-state index >= 15 is 0 Å². The normalized spacial score (nSPS) is 33.6. The van der Waals surface area contributed by atoms with Crippen molar-refractivity contribution in [3.05, 3.63) is 0 Å². The Bertz CT molecular complexity index is 153. The minimum absolute atomic E-state index is 0.878. The molecule has 1 fully saturated rings. The maximum absolute atomic E-state index is 3.34. The second kappa shape index (κ2) is 5.75. The standard InChI is InChI=1S/C13H27N/c1-5-11-6-12(9-14-4)8-13(7-11)10(2)3/h10-14H,5-9H2,1-4H3. The highest BCUT2D eigenvalue weighted by Gasteiger charge is 2.28. The number of hydrogen-bond donors (Lipinski definition) is 1. The SMILES string of the molecule is CCC1CC(CNC)CC(C(C)C)C1. The zero-order valence-corrected chi connectivity index (χ0v) is 10.3. The quantitative estimate of drug-likeness (QED) is 0.729. The largest absolute Gasteiger partial charge is 0.319 e. The van der Waals surface area contributed by atoms with Gasteiger partial charge in [0.25, 0.3) is 0 Å². The molecule has 0 heterocycles. The summed E-state index contributed by atoms with van der Waals surface area (Å²) in [7, 11) is 2.08. The van der Waals surface area contributed by atoms with Crippen LogP contribution in [0.3, 0.4) is 0 Å². The second-order valence-corrected chi connectivity index (χ2v) is 5.41. The van der Waals surface area contributed by atoms with E-state index in [-0.39, 0.29) is 0 Å². The fourth-order valence-corrected chi connectivity index (χ4v) is 2.95. The van der Waals surface area contributed by atoms with Crippen molar-refractivity contribution in [1.82, 2.24) is 5.32 Å². The van der Waals surface area contributed by atoms with Crippen LogP contribution in [0.1, 0.15) is 46.5 Å². The Hall–Kier alpha value is -0.0400. The molecule has 0 radical (unpaired) electrons. The topological polar surface area (TPSA) is 12.0 Å². The van der Waals surface area contributed by atoms with E-state index < -0.39 is 0 Å². The van der Waals surface area contributed by atoms with Crippen molar-refractivity contribution < 1.29 is 0 Å². The van der Waals surface area contributed by atoms with Gasteiger partial charge in [0.05, 0.1) is 0 Å². The van der Waals surface area contributed by atoms with Gasteiger partial charge in [-0.05, 0) is 56.5 Å². The van der Waals surface area contributed by atoms with Crippen molar-refractivity contribution in [2.75, 3.05) is 13.6 Å². The Labute approximate surface area is 89.7 Å².